The van der Waals surface area contributed by atoms with Crippen molar-refractivity contribution in [3.63, 3.8) is 0 Å². The minimum absolute atomic E-state index is 0.0203. The van der Waals surface area contributed by atoms with Gasteiger partial charge in [-0.15, -0.1) is 0 Å². The minimum Gasteiger partial charge on any atom is -0.343 e. The minimum atomic E-state index is -0.0203. The first-order valence-corrected chi connectivity index (χ1v) is 5.14. The fourth-order valence-electron chi connectivity index (χ4n) is 1.49. The van der Waals surface area contributed by atoms with Crippen LogP contribution in [0.15, 0.2) is 11.1 Å². The molecule has 4 heteroatoms. The third-order valence-electron chi connectivity index (χ3n) is 2.38. The Labute approximate surface area is 87.5 Å². The molecule has 1 rings (SSSR count). The predicted molar refractivity (Wildman–Crippen MR) is 56.7 cm³/mol. The monoisotopic (exact) mass is 246 g/mol. The summed E-state index contributed by atoms with van der Waals surface area (Å²) < 4.78 is 0.928. The first kappa shape index (κ1) is 10.7. The highest BCUT2D eigenvalue weighted by atomic mass is 79.9. The number of likely N-dealkylation sites (N-methyl/N-ethyl adjacent to an activating group) is 1. The fourth-order valence-corrected chi connectivity index (χ4v) is 1.82. The molecule has 0 spiro atoms. The van der Waals surface area contributed by atoms with Gasteiger partial charge in [0.05, 0.1) is 6.04 Å². The van der Waals surface area contributed by atoms with Crippen LogP contribution in [0.4, 0.5) is 0 Å². The zero-order chi connectivity index (χ0) is 10.0. The summed E-state index contributed by atoms with van der Waals surface area (Å²) in [5, 5.41) is 0. The molecular formula is C9H15BrN2O. The van der Waals surface area contributed by atoms with E-state index >= 15 is 0 Å². The molecule has 13 heavy (non-hydrogen) atoms. The molecule has 0 radical (unpaired) electrons. The van der Waals surface area contributed by atoms with E-state index in [1.165, 1.54) is 0 Å². The van der Waals surface area contributed by atoms with Gasteiger partial charge in [-0.2, -0.15) is 0 Å². The van der Waals surface area contributed by atoms with Crippen molar-refractivity contribution in [3.05, 3.63) is 11.1 Å². The number of rotatable bonds is 2. The molecule has 1 aliphatic rings. The van der Waals surface area contributed by atoms with Crippen LogP contribution in [-0.2, 0) is 4.79 Å². The van der Waals surface area contributed by atoms with Gasteiger partial charge in [-0.1, -0.05) is 22.5 Å². The maximum atomic E-state index is 11.6. The second-order valence-corrected chi connectivity index (χ2v) is 4.54. The Hall–Kier alpha value is -0.350. The molecule has 0 aromatic carbocycles. The Morgan fingerprint density at radius 3 is 2.85 bits per heavy atom. The van der Waals surface area contributed by atoms with E-state index in [1.807, 2.05) is 14.0 Å². The molecule has 1 saturated heterocycles. The SMILES string of the molecule is C=C(Br)CN1CCN(C)C(=O)C1C. The van der Waals surface area contributed by atoms with Crippen molar-refractivity contribution in [1.82, 2.24) is 9.80 Å². The zero-order valence-corrected chi connectivity index (χ0v) is 9.67. The van der Waals surface area contributed by atoms with E-state index in [9.17, 15) is 4.79 Å². The summed E-state index contributed by atoms with van der Waals surface area (Å²) in [7, 11) is 1.85. The van der Waals surface area contributed by atoms with Crippen LogP contribution in [0, 0.1) is 0 Å². The molecule has 1 amide bonds. The number of halogens is 1. The van der Waals surface area contributed by atoms with E-state index < -0.39 is 0 Å². The van der Waals surface area contributed by atoms with Gasteiger partial charge in [-0.25, -0.2) is 0 Å². The van der Waals surface area contributed by atoms with Crippen molar-refractivity contribution in [2.24, 2.45) is 0 Å². The fraction of sp³-hybridized carbons (Fsp3) is 0.667. The van der Waals surface area contributed by atoms with Crippen LogP contribution in [0.1, 0.15) is 6.92 Å². The smallest absolute Gasteiger partial charge is 0.239 e. The molecule has 0 bridgehead atoms. The summed E-state index contributed by atoms with van der Waals surface area (Å²) >= 11 is 3.31. The molecule has 1 atom stereocenters. The Kier molecular flexibility index (Phi) is 3.50. The summed E-state index contributed by atoms with van der Waals surface area (Å²) in [6, 6.07) is -0.0203. The molecule has 1 aliphatic heterocycles. The van der Waals surface area contributed by atoms with E-state index in [0.29, 0.717) is 0 Å². The number of hydrogen-bond donors (Lipinski definition) is 0. The lowest BCUT2D eigenvalue weighted by Crippen LogP contribution is -2.54. The van der Waals surface area contributed by atoms with Crippen LogP contribution in [0.3, 0.4) is 0 Å². The maximum absolute atomic E-state index is 11.6. The zero-order valence-electron chi connectivity index (χ0n) is 8.09. The van der Waals surface area contributed by atoms with Gasteiger partial charge in [-0.3, -0.25) is 9.69 Å². The lowest BCUT2D eigenvalue weighted by molar-refractivity contribution is -0.138. The van der Waals surface area contributed by atoms with Crippen LogP contribution < -0.4 is 0 Å². The van der Waals surface area contributed by atoms with Gasteiger partial charge in [0, 0.05) is 31.2 Å². The Bertz CT molecular complexity index is 230. The number of piperazine rings is 1. The van der Waals surface area contributed by atoms with Crippen LogP contribution in [-0.4, -0.2) is 48.4 Å². The molecule has 1 fully saturated rings. The average Bonchev–Trinajstić information content (AvgIpc) is 2.06. The third-order valence-corrected chi connectivity index (χ3v) is 2.63. The van der Waals surface area contributed by atoms with Gasteiger partial charge in [0.2, 0.25) is 5.91 Å². The van der Waals surface area contributed by atoms with Crippen LogP contribution in [0.5, 0.6) is 0 Å². The standard InChI is InChI=1S/C9H15BrN2O/c1-7(10)6-12-5-4-11(3)9(13)8(12)2/h8H,1,4-6H2,2-3H3. The highest BCUT2D eigenvalue weighted by molar-refractivity contribution is 9.11. The summed E-state index contributed by atoms with van der Waals surface area (Å²) in [4.78, 5) is 15.5. The van der Waals surface area contributed by atoms with E-state index in [2.05, 4.69) is 27.4 Å². The second-order valence-electron chi connectivity index (χ2n) is 3.42. The molecular weight excluding hydrogens is 232 g/mol. The maximum Gasteiger partial charge on any atom is 0.239 e. The van der Waals surface area contributed by atoms with Crippen molar-refractivity contribution in [3.8, 4) is 0 Å². The number of carbonyl (C=O) groups is 1. The van der Waals surface area contributed by atoms with Crippen molar-refractivity contribution in [2.75, 3.05) is 26.7 Å². The van der Waals surface area contributed by atoms with E-state index in [0.717, 1.165) is 24.1 Å². The Morgan fingerprint density at radius 1 is 1.69 bits per heavy atom. The van der Waals surface area contributed by atoms with Crippen molar-refractivity contribution >= 4 is 21.8 Å². The van der Waals surface area contributed by atoms with E-state index in [1.54, 1.807) is 4.90 Å². The van der Waals surface area contributed by atoms with Gasteiger partial charge in [0.15, 0.2) is 0 Å². The number of hydrogen-bond acceptors (Lipinski definition) is 2. The van der Waals surface area contributed by atoms with Gasteiger partial charge < -0.3 is 4.90 Å². The molecule has 3 nitrogen and oxygen atoms in total. The quantitative estimate of drug-likeness (QED) is 0.728. The average molecular weight is 247 g/mol. The van der Waals surface area contributed by atoms with Crippen LogP contribution in [0.2, 0.25) is 0 Å². The molecule has 1 unspecified atom stereocenters. The molecule has 0 aliphatic carbocycles. The lowest BCUT2D eigenvalue weighted by Gasteiger charge is -2.37. The first-order valence-electron chi connectivity index (χ1n) is 4.34. The molecule has 74 valence electrons. The van der Waals surface area contributed by atoms with Crippen LogP contribution in [0.25, 0.3) is 0 Å². The summed E-state index contributed by atoms with van der Waals surface area (Å²) in [5.74, 6) is 0.194. The number of nitrogens with zero attached hydrogens (tertiary/aromatic N) is 2. The Morgan fingerprint density at radius 2 is 2.31 bits per heavy atom. The topological polar surface area (TPSA) is 23.6 Å². The van der Waals surface area contributed by atoms with E-state index in [4.69, 9.17) is 0 Å². The first-order chi connectivity index (χ1) is 6.02. The van der Waals surface area contributed by atoms with Crippen molar-refractivity contribution in [1.29, 1.82) is 0 Å². The van der Waals surface area contributed by atoms with Crippen LogP contribution >= 0.6 is 15.9 Å². The molecule has 1 heterocycles. The van der Waals surface area contributed by atoms with Crippen molar-refractivity contribution < 1.29 is 4.79 Å². The highest BCUT2D eigenvalue weighted by Crippen LogP contribution is 2.13. The molecule has 0 saturated carbocycles. The summed E-state index contributed by atoms with van der Waals surface area (Å²) in [5.41, 5.74) is 0. The highest BCUT2D eigenvalue weighted by Gasteiger charge is 2.28. The number of amides is 1. The molecule has 0 aromatic rings. The summed E-state index contributed by atoms with van der Waals surface area (Å²) in [6.45, 7) is 8.20. The summed E-state index contributed by atoms with van der Waals surface area (Å²) in [6.07, 6.45) is 0. The number of carbonyl (C=O) groups excluding carboxylic acids is 1. The predicted octanol–water partition coefficient (Wildman–Crippen LogP) is 1.06. The van der Waals surface area contributed by atoms with E-state index in [-0.39, 0.29) is 11.9 Å². The largest absolute Gasteiger partial charge is 0.343 e. The normalized spacial score (nSPS) is 25.0. The van der Waals surface area contributed by atoms with Gasteiger partial charge in [-0.05, 0) is 6.92 Å². The Balaban J connectivity index is 2.58. The van der Waals surface area contributed by atoms with Gasteiger partial charge in [0.25, 0.3) is 0 Å². The molecule has 0 aromatic heterocycles. The van der Waals surface area contributed by atoms with Gasteiger partial charge >= 0.3 is 0 Å². The van der Waals surface area contributed by atoms with Gasteiger partial charge in [0.1, 0.15) is 0 Å². The third kappa shape index (κ3) is 2.54. The van der Waals surface area contributed by atoms with Crippen molar-refractivity contribution in [2.45, 2.75) is 13.0 Å². The second kappa shape index (κ2) is 4.24. The lowest BCUT2D eigenvalue weighted by atomic mass is 10.2. The molecule has 0 N–H and O–H groups in total.